The van der Waals surface area contributed by atoms with Gasteiger partial charge in [0.25, 0.3) is 0 Å². The lowest BCUT2D eigenvalue weighted by Crippen LogP contribution is -2.45. The third-order valence-electron chi connectivity index (χ3n) is 5.91. The smallest absolute Gasteiger partial charge is 0.318 e. The summed E-state index contributed by atoms with van der Waals surface area (Å²) in [5.41, 5.74) is 8.66. The number of anilines is 1. The van der Waals surface area contributed by atoms with Crippen LogP contribution in [0.5, 0.6) is 5.75 Å². The Labute approximate surface area is 200 Å². The number of carbonyl (C=O) groups is 1. The lowest BCUT2D eigenvalue weighted by Gasteiger charge is -2.28. The van der Waals surface area contributed by atoms with Gasteiger partial charge in [-0.3, -0.25) is 4.68 Å². The number of rotatable bonds is 6. The highest BCUT2D eigenvalue weighted by Crippen LogP contribution is 2.42. The van der Waals surface area contributed by atoms with E-state index in [1.165, 1.54) is 0 Å². The van der Waals surface area contributed by atoms with Gasteiger partial charge in [-0.05, 0) is 37.5 Å². The molecule has 2 amide bonds. The number of hydrogen-bond donors (Lipinski definition) is 2. The Hall–Kier alpha value is -3.04. The number of aromatic nitrogens is 4. The third-order valence-corrected chi connectivity index (χ3v) is 6.43. The van der Waals surface area contributed by atoms with E-state index in [2.05, 4.69) is 20.4 Å². The summed E-state index contributed by atoms with van der Waals surface area (Å²) >= 11 is 12.9. The second-order valence-electron chi connectivity index (χ2n) is 8.17. The van der Waals surface area contributed by atoms with Gasteiger partial charge in [0.05, 0.1) is 41.6 Å². The molecule has 2 aliphatic rings. The maximum atomic E-state index is 12.7. The number of nitrogens with two attached hydrogens (primary N) is 1. The van der Waals surface area contributed by atoms with Crippen LogP contribution in [0.1, 0.15) is 30.5 Å². The first-order valence-corrected chi connectivity index (χ1v) is 11.5. The zero-order valence-corrected chi connectivity index (χ0v) is 19.3. The quantitative estimate of drug-likeness (QED) is 0.545. The normalized spacial score (nSPS) is 15.3. The second-order valence-corrected chi connectivity index (χ2v) is 9.01. The molecule has 0 saturated heterocycles. The topological polar surface area (TPSA) is 111 Å². The first-order chi connectivity index (χ1) is 16.0. The molecule has 0 radical (unpaired) electrons. The number of hydrogen-bond acceptors (Lipinski definition) is 6. The molecular formula is C22H23Cl2N7O2. The van der Waals surface area contributed by atoms with Crippen molar-refractivity contribution < 1.29 is 9.53 Å². The highest BCUT2D eigenvalue weighted by molar-refractivity contribution is 6.37. The van der Waals surface area contributed by atoms with Gasteiger partial charge in [-0.2, -0.15) is 5.10 Å². The fourth-order valence-electron chi connectivity index (χ4n) is 4.02. The summed E-state index contributed by atoms with van der Waals surface area (Å²) in [6.45, 7) is 1.61. The molecule has 0 bridgehead atoms. The molecule has 172 valence electrons. The number of halogens is 2. The van der Waals surface area contributed by atoms with Crippen LogP contribution >= 0.6 is 23.2 Å². The van der Waals surface area contributed by atoms with Gasteiger partial charge in [0.1, 0.15) is 12.4 Å². The van der Waals surface area contributed by atoms with E-state index in [0.717, 1.165) is 24.8 Å². The monoisotopic (exact) mass is 487 g/mol. The molecule has 0 atom stereocenters. The molecule has 0 spiro atoms. The molecule has 1 saturated carbocycles. The van der Waals surface area contributed by atoms with Crippen LogP contribution in [0.2, 0.25) is 10.0 Å². The van der Waals surface area contributed by atoms with Crippen LogP contribution in [-0.4, -0.2) is 43.3 Å². The van der Waals surface area contributed by atoms with Crippen LogP contribution in [0, 0.1) is 0 Å². The van der Waals surface area contributed by atoms with E-state index in [0.29, 0.717) is 59.0 Å². The number of nitrogen functional groups attached to an aromatic ring is 1. The summed E-state index contributed by atoms with van der Waals surface area (Å²) in [6, 6.07) is 5.32. The van der Waals surface area contributed by atoms with Crippen molar-refractivity contribution in [2.24, 2.45) is 0 Å². The summed E-state index contributed by atoms with van der Waals surface area (Å²) < 4.78 is 7.82. The highest BCUT2D eigenvalue weighted by Gasteiger charge is 2.32. The molecular weight excluding hydrogens is 465 g/mol. The number of fused-ring (bicyclic) bond motifs is 1. The van der Waals surface area contributed by atoms with Crippen molar-refractivity contribution in [3.8, 4) is 17.0 Å². The summed E-state index contributed by atoms with van der Waals surface area (Å²) in [7, 11) is 0. The van der Waals surface area contributed by atoms with Crippen LogP contribution in [0.15, 0.2) is 30.6 Å². The van der Waals surface area contributed by atoms with Crippen molar-refractivity contribution in [3.05, 3.63) is 51.9 Å². The summed E-state index contributed by atoms with van der Waals surface area (Å²) in [4.78, 5) is 23.3. The van der Waals surface area contributed by atoms with Gasteiger partial charge in [-0.25, -0.2) is 14.8 Å². The van der Waals surface area contributed by atoms with Crippen LogP contribution in [0.25, 0.3) is 11.3 Å². The number of urea groups is 1. The van der Waals surface area contributed by atoms with Gasteiger partial charge < -0.3 is 20.7 Å². The molecule has 0 unspecified atom stereocenters. The minimum absolute atomic E-state index is 0.110. The molecule has 9 nitrogen and oxygen atoms in total. The number of ether oxygens (including phenoxy) is 1. The number of carbonyl (C=O) groups excluding carboxylic acids is 1. The predicted molar refractivity (Wildman–Crippen MR) is 125 cm³/mol. The molecule has 3 N–H and O–H groups in total. The van der Waals surface area contributed by atoms with E-state index >= 15 is 0 Å². The minimum Gasteiger partial charge on any atom is -0.491 e. The van der Waals surface area contributed by atoms with Crippen LogP contribution < -0.4 is 15.8 Å². The maximum Gasteiger partial charge on any atom is 0.318 e. The lowest BCUT2D eigenvalue weighted by atomic mass is 9.93. The van der Waals surface area contributed by atoms with E-state index < -0.39 is 0 Å². The number of nitrogens with one attached hydrogen (secondary N) is 1. The summed E-state index contributed by atoms with van der Waals surface area (Å²) in [5.74, 6) is 0.593. The lowest BCUT2D eigenvalue weighted by molar-refractivity contribution is 0.186. The van der Waals surface area contributed by atoms with Crippen molar-refractivity contribution in [2.45, 2.75) is 44.9 Å². The van der Waals surface area contributed by atoms with Gasteiger partial charge in [0.15, 0.2) is 0 Å². The molecule has 2 aromatic heterocycles. The Kier molecular flexibility index (Phi) is 5.99. The maximum absolute atomic E-state index is 12.7. The molecule has 3 heterocycles. The van der Waals surface area contributed by atoms with Crippen molar-refractivity contribution in [1.82, 2.24) is 30.0 Å². The van der Waals surface area contributed by atoms with Crippen LogP contribution in [0.4, 0.5) is 10.7 Å². The van der Waals surface area contributed by atoms with Gasteiger partial charge in [-0.15, -0.1) is 0 Å². The van der Waals surface area contributed by atoms with Gasteiger partial charge in [-0.1, -0.05) is 23.2 Å². The average molecular weight is 488 g/mol. The summed E-state index contributed by atoms with van der Waals surface area (Å²) in [6.07, 6.45) is 6.75. The Balaban J connectivity index is 1.44. The first kappa shape index (κ1) is 21.8. The first-order valence-electron chi connectivity index (χ1n) is 10.8. The Bertz CT molecular complexity index is 1180. The standard InChI is InChI=1S/C22H23Cl2N7O2/c23-13-9-16(24)19(18(10-13)33-8-7-31-6-2-5-26-31)20-15-11-30(12-17(15)28-21(25)29-20)22(32)27-14-3-1-4-14/h2,5-6,9-10,14H,1,3-4,7-8,11-12H2,(H,27,32)(H2,25,28,29). The van der Waals surface area contributed by atoms with Crippen molar-refractivity contribution in [2.75, 3.05) is 12.3 Å². The van der Waals surface area contributed by atoms with Gasteiger partial charge in [0, 0.05) is 29.0 Å². The Morgan fingerprint density at radius 1 is 1.24 bits per heavy atom. The Morgan fingerprint density at radius 2 is 2.09 bits per heavy atom. The fraction of sp³-hybridized carbons (Fsp3) is 0.364. The van der Waals surface area contributed by atoms with Crippen molar-refractivity contribution in [1.29, 1.82) is 0 Å². The molecule has 1 aliphatic heterocycles. The molecule has 1 aliphatic carbocycles. The zero-order chi connectivity index (χ0) is 22.9. The zero-order valence-electron chi connectivity index (χ0n) is 17.8. The van der Waals surface area contributed by atoms with E-state index in [9.17, 15) is 4.79 Å². The molecule has 1 aromatic carbocycles. The fourth-order valence-corrected chi connectivity index (χ4v) is 4.58. The SMILES string of the molecule is Nc1nc2c(c(-c3c(Cl)cc(Cl)cc3OCCn3cccn3)n1)CN(C(=O)NC1CCC1)C2. The van der Waals surface area contributed by atoms with E-state index in [1.54, 1.807) is 27.9 Å². The Morgan fingerprint density at radius 3 is 2.82 bits per heavy atom. The van der Waals surface area contributed by atoms with Crippen molar-refractivity contribution in [3.63, 3.8) is 0 Å². The summed E-state index contributed by atoms with van der Waals surface area (Å²) in [5, 5.41) is 8.08. The number of nitrogens with zero attached hydrogens (tertiary/aromatic N) is 5. The molecule has 11 heteroatoms. The molecule has 33 heavy (non-hydrogen) atoms. The predicted octanol–water partition coefficient (Wildman–Crippen LogP) is 3.89. The average Bonchev–Trinajstić information content (AvgIpc) is 3.39. The van der Waals surface area contributed by atoms with Crippen molar-refractivity contribution >= 4 is 35.2 Å². The van der Waals surface area contributed by atoms with E-state index in [-0.39, 0.29) is 18.0 Å². The van der Waals surface area contributed by atoms with Crippen LogP contribution in [0.3, 0.4) is 0 Å². The highest BCUT2D eigenvalue weighted by atomic mass is 35.5. The third kappa shape index (κ3) is 4.56. The van der Waals surface area contributed by atoms with Crippen LogP contribution in [-0.2, 0) is 19.6 Å². The molecule has 1 fully saturated rings. The van der Waals surface area contributed by atoms with E-state index in [4.69, 9.17) is 33.7 Å². The van der Waals surface area contributed by atoms with Gasteiger partial charge >= 0.3 is 6.03 Å². The number of amides is 2. The van der Waals surface area contributed by atoms with Gasteiger partial charge in [0.2, 0.25) is 5.95 Å². The second kappa shape index (κ2) is 9.07. The molecule has 3 aromatic rings. The molecule has 5 rings (SSSR count). The number of benzene rings is 1. The minimum atomic E-state index is -0.111. The largest absolute Gasteiger partial charge is 0.491 e. The van der Waals surface area contributed by atoms with E-state index in [1.807, 2.05) is 12.3 Å².